The predicted molar refractivity (Wildman–Crippen MR) is 80.0 cm³/mol. The van der Waals surface area contributed by atoms with E-state index in [0.29, 0.717) is 22.4 Å². The minimum absolute atomic E-state index is 0.211. The Morgan fingerprint density at radius 1 is 1.17 bits per heavy atom. The summed E-state index contributed by atoms with van der Waals surface area (Å²) >= 11 is 0. The lowest BCUT2D eigenvalue weighted by atomic mass is 9.81. The number of hydrogen-bond acceptors (Lipinski definition) is 5. The lowest BCUT2D eigenvalue weighted by Gasteiger charge is -2.36. The normalized spacial score (nSPS) is 23.9. The maximum atomic E-state index is 12.8. The average Bonchev–Trinajstić information content (AvgIpc) is 2.91. The zero-order chi connectivity index (χ0) is 16.0. The molecule has 2 heterocycles. The Kier molecular flexibility index (Phi) is 2.91. The van der Waals surface area contributed by atoms with Crippen molar-refractivity contribution in [2.75, 3.05) is 6.61 Å². The second-order valence-corrected chi connectivity index (χ2v) is 5.43. The highest BCUT2D eigenvalue weighted by molar-refractivity contribution is 5.98. The molecule has 0 fully saturated rings. The van der Waals surface area contributed by atoms with Gasteiger partial charge in [0.1, 0.15) is 5.75 Å². The van der Waals surface area contributed by atoms with Crippen LogP contribution in [-0.2, 0) is 19.9 Å². The molecule has 0 radical (unpaired) electrons. The molecule has 2 aromatic carbocycles. The molecule has 2 aromatic rings. The molecular weight excluding hydrogens is 296 g/mol. The minimum Gasteiger partial charge on any atom is -0.466 e. The maximum absolute atomic E-state index is 12.8. The van der Waals surface area contributed by atoms with Gasteiger partial charge in [-0.05, 0) is 19.1 Å². The molecule has 116 valence electrons. The topological polar surface area (TPSA) is 61.8 Å². The molecule has 0 N–H and O–H groups in total. The van der Waals surface area contributed by atoms with Gasteiger partial charge >= 0.3 is 11.9 Å². The third-order valence-corrected chi connectivity index (χ3v) is 4.19. The molecule has 0 amide bonds. The quantitative estimate of drug-likeness (QED) is 0.798. The zero-order valence-electron chi connectivity index (χ0n) is 12.4. The summed E-state index contributed by atoms with van der Waals surface area (Å²) in [4.78, 5) is 25.1. The van der Waals surface area contributed by atoms with E-state index in [0.717, 1.165) is 0 Å². The molecule has 5 nitrogen and oxygen atoms in total. The molecule has 0 bridgehead atoms. The van der Waals surface area contributed by atoms with Crippen LogP contribution in [0.2, 0.25) is 0 Å². The van der Waals surface area contributed by atoms with Gasteiger partial charge in [0.25, 0.3) is 5.60 Å². The second-order valence-electron chi connectivity index (χ2n) is 5.43. The van der Waals surface area contributed by atoms with Crippen LogP contribution in [0.1, 0.15) is 34.5 Å². The molecule has 4 rings (SSSR count). The van der Waals surface area contributed by atoms with Crippen LogP contribution in [-0.4, -0.2) is 18.5 Å². The van der Waals surface area contributed by atoms with E-state index in [1.54, 1.807) is 43.3 Å². The molecular formula is C18H14O5. The van der Waals surface area contributed by atoms with E-state index >= 15 is 0 Å². The van der Waals surface area contributed by atoms with E-state index in [2.05, 4.69) is 0 Å². The van der Waals surface area contributed by atoms with Gasteiger partial charge in [-0.2, -0.15) is 0 Å². The van der Waals surface area contributed by atoms with Crippen molar-refractivity contribution in [1.82, 2.24) is 0 Å². The SMILES string of the molecule is CCOC(=O)C12Oc3ccccc3C1OC(=O)c1ccccc12. The highest BCUT2D eigenvalue weighted by atomic mass is 16.6. The molecule has 2 aliphatic heterocycles. The van der Waals surface area contributed by atoms with Crippen molar-refractivity contribution in [3.05, 3.63) is 65.2 Å². The fraction of sp³-hybridized carbons (Fsp3) is 0.222. The summed E-state index contributed by atoms with van der Waals surface area (Å²) in [5.74, 6) is -0.498. The number of fused-ring (bicyclic) bond motifs is 5. The van der Waals surface area contributed by atoms with E-state index in [1.165, 1.54) is 0 Å². The molecule has 0 aliphatic carbocycles. The van der Waals surface area contributed by atoms with Crippen LogP contribution in [0.25, 0.3) is 0 Å². The fourth-order valence-electron chi connectivity index (χ4n) is 3.23. The first kappa shape index (κ1) is 13.8. The molecule has 0 aromatic heterocycles. The Hall–Kier alpha value is -2.82. The Balaban J connectivity index is 1.98. The van der Waals surface area contributed by atoms with Crippen molar-refractivity contribution >= 4 is 11.9 Å². The lowest BCUT2D eigenvalue weighted by molar-refractivity contribution is -0.173. The second kappa shape index (κ2) is 4.84. The molecule has 2 aliphatic rings. The third-order valence-electron chi connectivity index (χ3n) is 4.19. The van der Waals surface area contributed by atoms with Gasteiger partial charge in [0.2, 0.25) is 0 Å². The van der Waals surface area contributed by atoms with Crippen molar-refractivity contribution in [2.24, 2.45) is 0 Å². The van der Waals surface area contributed by atoms with E-state index in [4.69, 9.17) is 14.2 Å². The maximum Gasteiger partial charge on any atom is 0.359 e. The highest BCUT2D eigenvalue weighted by Gasteiger charge is 2.62. The Morgan fingerprint density at radius 3 is 2.74 bits per heavy atom. The zero-order valence-corrected chi connectivity index (χ0v) is 12.4. The molecule has 2 unspecified atom stereocenters. The molecule has 0 saturated carbocycles. The average molecular weight is 310 g/mol. The Bertz CT molecular complexity index is 813. The molecule has 0 spiro atoms. The van der Waals surface area contributed by atoms with Gasteiger partial charge in [-0.25, -0.2) is 9.59 Å². The van der Waals surface area contributed by atoms with Crippen molar-refractivity contribution in [1.29, 1.82) is 0 Å². The summed E-state index contributed by atoms with van der Waals surface area (Å²) in [6.07, 6.45) is -0.847. The van der Waals surface area contributed by atoms with Crippen molar-refractivity contribution in [3.8, 4) is 5.75 Å². The summed E-state index contributed by atoms with van der Waals surface area (Å²) in [6.45, 7) is 1.94. The van der Waals surface area contributed by atoms with Crippen LogP contribution in [0.3, 0.4) is 0 Å². The van der Waals surface area contributed by atoms with Gasteiger partial charge in [-0.15, -0.1) is 0 Å². The van der Waals surface area contributed by atoms with Gasteiger partial charge in [-0.3, -0.25) is 0 Å². The number of benzene rings is 2. The number of rotatable bonds is 2. The van der Waals surface area contributed by atoms with Crippen molar-refractivity contribution in [2.45, 2.75) is 18.6 Å². The van der Waals surface area contributed by atoms with Crippen LogP contribution < -0.4 is 4.74 Å². The van der Waals surface area contributed by atoms with Crippen LogP contribution in [0.5, 0.6) is 5.75 Å². The third kappa shape index (κ3) is 1.73. The number of carbonyl (C=O) groups is 2. The molecule has 23 heavy (non-hydrogen) atoms. The summed E-state index contributed by atoms with van der Waals surface area (Å²) in [6, 6.07) is 14.0. The van der Waals surface area contributed by atoms with Crippen LogP contribution >= 0.6 is 0 Å². The summed E-state index contributed by atoms with van der Waals surface area (Å²) in [7, 11) is 0. The fourth-order valence-corrected chi connectivity index (χ4v) is 3.23. The van der Waals surface area contributed by atoms with E-state index in [1.807, 2.05) is 12.1 Å². The largest absolute Gasteiger partial charge is 0.466 e. The first-order valence-corrected chi connectivity index (χ1v) is 7.44. The van der Waals surface area contributed by atoms with E-state index < -0.39 is 23.6 Å². The Morgan fingerprint density at radius 2 is 1.91 bits per heavy atom. The number of ether oxygens (including phenoxy) is 3. The Labute approximate surface area is 132 Å². The minimum atomic E-state index is -1.48. The number of esters is 2. The van der Waals surface area contributed by atoms with Crippen LogP contribution in [0.4, 0.5) is 0 Å². The molecule has 0 saturated heterocycles. The smallest absolute Gasteiger partial charge is 0.359 e. The number of hydrogen-bond donors (Lipinski definition) is 0. The number of para-hydroxylation sites is 1. The molecule has 2 atom stereocenters. The van der Waals surface area contributed by atoms with Gasteiger partial charge in [0.05, 0.1) is 12.2 Å². The standard InChI is InChI=1S/C18H14O5/c1-2-21-17(20)18-13-9-5-3-7-11(13)16(19)22-15(18)12-8-4-6-10-14(12)23-18/h3-10,15H,2H2,1H3. The van der Waals surface area contributed by atoms with Crippen LogP contribution in [0.15, 0.2) is 48.5 Å². The van der Waals surface area contributed by atoms with Crippen LogP contribution in [0, 0.1) is 0 Å². The van der Waals surface area contributed by atoms with E-state index in [9.17, 15) is 9.59 Å². The number of carbonyl (C=O) groups excluding carboxylic acids is 2. The van der Waals surface area contributed by atoms with E-state index in [-0.39, 0.29) is 6.61 Å². The van der Waals surface area contributed by atoms with Gasteiger partial charge in [0, 0.05) is 11.1 Å². The van der Waals surface area contributed by atoms with Crippen molar-refractivity contribution < 1.29 is 23.8 Å². The summed E-state index contributed by atoms with van der Waals surface area (Å²) in [5, 5.41) is 0. The van der Waals surface area contributed by atoms with Gasteiger partial charge in [-0.1, -0.05) is 36.4 Å². The summed E-state index contributed by atoms with van der Waals surface area (Å²) in [5.41, 5.74) is -0.00610. The lowest BCUT2D eigenvalue weighted by Crippen LogP contribution is -2.49. The van der Waals surface area contributed by atoms with Crippen molar-refractivity contribution in [3.63, 3.8) is 0 Å². The monoisotopic (exact) mass is 310 g/mol. The predicted octanol–water partition coefficient (Wildman–Crippen LogP) is 2.75. The first-order chi connectivity index (χ1) is 11.2. The first-order valence-electron chi connectivity index (χ1n) is 7.44. The summed E-state index contributed by atoms with van der Waals surface area (Å²) < 4.78 is 16.9. The van der Waals surface area contributed by atoms with Gasteiger partial charge < -0.3 is 14.2 Å². The van der Waals surface area contributed by atoms with Gasteiger partial charge in [0.15, 0.2) is 6.10 Å². The highest BCUT2D eigenvalue weighted by Crippen LogP contribution is 2.54. The molecule has 5 heteroatoms.